The van der Waals surface area contributed by atoms with Crippen molar-refractivity contribution < 1.29 is 18.1 Å². The minimum atomic E-state index is -2.93. The van der Waals surface area contributed by atoms with Gasteiger partial charge in [0, 0.05) is 6.04 Å². The quantitative estimate of drug-likeness (QED) is 0.774. The number of carbonyl (C=O) groups excluding carboxylic acids is 1. The third-order valence-corrected chi connectivity index (χ3v) is 6.96. The highest BCUT2D eigenvalue weighted by Crippen LogP contribution is 2.16. The molecule has 6 heteroatoms. The van der Waals surface area contributed by atoms with Gasteiger partial charge in [0.2, 0.25) is 0 Å². The molecule has 0 unspecified atom stereocenters. The van der Waals surface area contributed by atoms with Crippen LogP contribution in [0.5, 0.6) is 0 Å². The van der Waals surface area contributed by atoms with Crippen LogP contribution >= 0.6 is 0 Å². The van der Waals surface area contributed by atoms with E-state index >= 15 is 0 Å². The fraction of sp³-hybridized carbons (Fsp3) is 0.611. The Morgan fingerprint density at radius 3 is 2.46 bits per heavy atom. The zero-order valence-corrected chi connectivity index (χ0v) is 14.9. The second-order valence-corrected chi connectivity index (χ2v) is 9.46. The molecule has 0 saturated carbocycles. The van der Waals surface area contributed by atoms with Crippen molar-refractivity contribution in [1.29, 1.82) is 0 Å². The Labute approximate surface area is 144 Å². The third kappa shape index (κ3) is 5.05. The first kappa shape index (κ1) is 17.4. The van der Waals surface area contributed by atoms with E-state index in [4.69, 9.17) is 0 Å². The molecule has 1 amide bonds. The van der Waals surface area contributed by atoms with E-state index in [1.54, 1.807) is 0 Å². The molecule has 0 spiro atoms. The maximum absolute atomic E-state index is 12.1. The molecule has 2 N–H and O–H groups in total. The Balaban J connectivity index is 1.38. The number of likely N-dealkylation sites (tertiary alicyclic amines) is 1. The summed E-state index contributed by atoms with van der Waals surface area (Å²) in [5, 5.41) is 2.89. The summed E-state index contributed by atoms with van der Waals surface area (Å²) in [5.41, 5.74) is 1.39. The summed E-state index contributed by atoms with van der Waals surface area (Å²) in [7, 11) is -2.93. The molecule has 0 aliphatic carbocycles. The molecule has 0 aromatic heterocycles. The Kier molecular flexibility index (Phi) is 5.56. The molecule has 1 aromatic carbocycles. The van der Waals surface area contributed by atoms with Crippen LogP contribution in [-0.4, -0.2) is 51.5 Å². The van der Waals surface area contributed by atoms with Gasteiger partial charge in [0.05, 0.1) is 24.6 Å². The molecular formula is C18H27N2O3S+. The van der Waals surface area contributed by atoms with Crippen LogP contribution in [0.25, 0.3) is 0 Å². The number of piperidine rings is 1. The highest BCUT2D eigenvalue weighted by molar-refractivity contribution is 7.91. The Morgan fingerprint density at radius 2 is 1.83 bits per heavy atom. The van der Waals surface area contributed by atoms with Crippen LogP contribution in [0.2, 0.25) is 0 Å². The van der Waals surface area contributed by atoms with Crippen molar-refractivity contribution in [3.63, 3.8) is 0 Å². The second kappa shape index (κ2) is 7.66. The van der Waals surface area contributed by atoms with E-state index in [0.29, 0.717) is 18.9 Å². The van der Waals surface area contributed by atoms with Crippen molar-refractivity contribution >= 4 is 15.7 Å². The summed E-state index contributed by atoms with van der Waals surface area (Å²) in [4.78, 5) is 13.4. The van der Waals surface area contributed by atoms with Gasteiger partial charge in [-0.05, 0) is 37.2 Å². The van der Waals surface area contributed by atoms with E-state index in [1.165, 1.54) is 10.5 Å². The summed E-state index contributed by atoms with van der Waals surface area (Å²) in [6.07, 6.45) is 3.98. The lowest BCUT2D eigenvalue weighted by atomic mass is 9.90. The monoisotopic (exact) mass is 351 g/mol. The lowest BCUT2D eigenvalue weighted by molar-refractivity contribution is -0.898. The van der Waals surface area contributed by atoms with E-state index in [-0.39, 0.29) is 23.5 Å². The Bertz CT molecular complexity index is 652. The first-order valence-corrected chi connectivity index (χ1v) is 10.7. The normalized spacial score (nSPS) is 29.2. The van der Waals surface area contributed by atoms with Gasteiger partial charge in [0.15, 0.2) is 16.4 Å². The number of quaternary nitrogens is 1. The zero-order valence-electron chi connectivity index (χ0n) is 14.0. The van der Waals surface area contributed by atoms with Gasteiger partial charge in [0.1, 0.15) is 0 Å². The van der Waals surface area contributed by atoms with Gasteiger partial charge in [-0.25, -0.2) is 8.42 Å². The molecule has 2 saturated heterocycles. The van der Waals surface area contributed by atoms with Crippen LogP contribution in [0, 0.1) is 5.92 Å². The van der Waals surface area contributed by atoms with Crippen LogP contribution < -0.4 is 10.2 Å². The fourth-order valence-electron chi connectivity index (χ4n) is 3.83. The standard InChI is InChI=1S/C18H26N2O3S/c21-18(19-17-8-11-24(22,23)14-17)13-20-9-6-16(7-10-20)12-15-4-2-1-3-5-15/h1-5,16-17H,6-14H2,(H,19,21)/p+1/t17-/m1/s1. The zero-order chi connectivity index (χ0) is 17.0. The molecule has 5 nitrogen and oxygen atoms in total. The molecule has 132 valence electrons. The van der Waals surface area contributed by atoms with Crippen molar-refractivity contribution in [3.05, 3.63) is 35.9 Å². The van der Waals surface area contributed by atoms with Gasteiger partial charge >= 0.3 is 0 Å². The van der Waals surface area contributed by atoms with Crippen LogP contribution in [0.3, 0.4) is 0 Å². The largest absolute Gasteiger partial charge is 0.347 e. The lowest BCUT2D eigenvalue weighted by Gasteiger charge is -2.29. The Hall–Kier alpha value is -1.40. The number of hydrogen-bond donors (Lipinski definition) is 2. The molecule has 3 rings (SSSR count). The van der Waals surface area contributed by atoms with Crippen LogP contribution in [0.1, 0.15) is 24.8 Å². The van der Waals surface area contributed by atoms with Crippen LogP contribution in [0.15, 0.2) is 30.3 Å². The molecule has 0 bridgehead atoms. The van der Waals surface area contributed by atoms with Gasteiger partial charge in [-0.15, -0.1) is 0 Å². The minimum Gasteiger partial charge on any atom is -0.347 e. The molecule has 24 heavy (non-hydrogen) atoms. The smallest absolute Gasteiger partial charge is 0.275 e. The lowest BCUT2D eigenvalue weighted by Crippen LogP contribution is -3.14. The van der Waals surface area contributed by atoms with Crippen molar-refractivity contribution in [1.82, 2.24) is 5.32 Å². The van der Waals surface area contributed by atoms with Gasteiger partial charge in [-0.3, -0.25) is 4.79 Å². The van der Waals surface area contributed by atoms with E-state index < -0.39 is 9.84 Å². The summed E-state index contributed by atoms with van der Waals surface area (Å²) >= 11 is 0. The molecule has 2 fully saturated rings. The van der Waals surface area contributed by atoms with Crippen LogP contribution in [-0.2, 0) is 21.1 Å². The van der Waals surface area contributed by atoms with E-state index in [0.717, 1.165) is 32.4 Å². The predicted molar refractivity (Wildman–Crippen MR) is 93.6 cm³/mol. The Morgan fingerprint density at radius 1 is 1.12 bits per heavy atom. The van der Waals surface area contributed by atoms with E-state index in [1.807, 2.05) is 6.07 Å². The first-order chi connectivity index (χ1) is 11.5. The molecule has 1 aromatic rings. The average molecular weight is 351 g/mol. The number of carbonyl (C=O) groups is 1. The molecule has 2 aliphatic rings. The summed E-state index contributed by atoms with van der Waals surface area (Å²) in [5.74, 6) is 1.01. The molecule has 2 heterocycles. The van der Waals surface area contributed by atoms with Crippen molar-refractivity contribution in [2.45, 2.75) is 31.7 Å². The number of benzene rings is 1. The first-order valence-electron chi connectivity index (χ1n) is 8.87. The second-order valence-electron chi connectivity index (χ2n) is 7.23. The van der Waals surface area contributed by atoms with Crippen LogP contribution in [0.4, 0.5) is 0 Å². The van der Waals surface area contributed by atoms with Crippen molar-refractivity contribution in [2.24, 2.45) is 5.92 Å². The number of sulfone groups is 1. The van der Waals surface area contributed by atoms with E-state index in [9.17, 15) is 13.2 Å². The minimum absolute atomic E-state index is 0.00592. The fourth-order valence-corrected chi connectivity index (χ4v) is 5.50. The number of amides is 1. The topological polar surface area (TPSA) is 67.7 Å². The van der Waals surface area contributed by atoms with Crippen molar-refractivity contribution in [2.75, 3.05) is 31.1 Å². The molecule has 1 atom stereocenters. The SMILES string of the molecule is O=C(C[NH+]1CCC(Cc2ccccc2)CC1)N[C@@H]1CCS(=O)(=O)C1. The summed E-state index contributed by atoms with van der Waals surface area (Å²) in [6.45, 7) is 2.51. The maximum Gasteiger partial charge on any atom is 0.275 e. The summed E-state index contributed by atoms with van der Waals surface area (Å²) < 4.78 is 22.9. The molecular weight excluding hydrogens is 324 g/mol. The highest BCUT2D eigenvalue weighted by Gasteiger charge is 2.30. The summed E-state index contributed by atoms with van der Waals surface area (Å²) in [6, 6.07) is 10.4. The molecule has 0 radical (unpaired) electrons. The number of rotatable bonds is 5. The number of nitrogens with one attached hydrogen (secondary N) is 2. The van der Waals surface area contributed by atoms with Gasteiger partial charge in [-0.2, -0.15) is 0 Å². The van der Waals surface area contributed by atoms with Gasteiger partial charge in [0.25, 0.3) is 5.91 Å². The maximum atomic E-state index is 12.1. The van der Waals surface area contributed by atoms with Gasteiger partial charge in [-0.1, -0.05) is 30.3 Å². The number of hydrogen-bond acceptors (Lipinski definition) is 3. The highest BCUT2D eigenvalue weighted by atomic mass is 32.2. The van der Waals surface area contributed by atoms with Gasteiger partial charge < -0.3 is 10.2 Å². The van der Waals surface area contributed by atoms with E-state index in [2.05, 4.69) is 29.6 Å². The average Bonchev–Trinajstić information content (AvgIpc) is 2.89. The molecule has 2 aliphatic heterocycles. The predicted octanol–water partition coefficient (Wildman–Crippen LogP) is -0.173. The third-order valence-electron chi connectivity index (χ3n) is 5.19. The van der Waals surface area contributed by atoms with Crippen molar-refractivity contribution in [3.8, 4) is 0 Å².